The molecular weight excluding hydrogens is 238 g/mol. The first kappa shape index (κ1) is 12.2. The highest BCUT2D eigenvalue weighted by Crippen LogP contribution is 2.29. The van der Waals surface area contributed by atoms with Crippen molar-refractivity contribution in [2.75, 3.05) is 5.73 Å². The highest BCUT2D eigenvalue weighted by molar-refractivity contribution is 6.32. The minimum atomic E-state index is -0.195. The Kier molecular flexibility index (Phi) is 3.24. The zero-order valence-corrected chi connectivity index (χ0v) is 10.5. The average Bonchev–Trinajstić information content (AvgIpc) is 2.68. The summed E-state index contributed by atoms with van der Waals surface area (Å²) in [7, 11) is 0. The van der Waals surface area contributed by atoms with Crippen molar-refractivity contribution in [3.8, 4) is 0 Å². The zero-order chi connectivity index (χ0) is 12.5. The molecule has 1 aromatic heterocycles. The number of hydrogen-bond donors (Lipinski definition) is 2. The number of amides is 1. The summed E-state index contributed by atoms with van der Waals surface area (Å²) in [5.74, 6) is -0.195. The van der Waals surface area contributed by atoms with Crippen LogP contribution in [0.15, 0.2) is 12.3 Å². The Morgan fingerprint density at radius 3 is 2.82 bits per heavy atom. The fraction of sp³-hybridized carbons (Fsp3) is 0.500. The minimum absolute atomic E-state index is 0.120. The molecule has 0 radical (unpaired) electrons. The molecule has 0 aromatic carbocycles. The summed E-state index contributed by atoms with van der Waals surface area (Å²) >= 11 is 5.89. The standard InChI is InChI=1S/C12H16ClN3O/c1-12(4-2-3-5-12)16-11(17)9-6-8(14)7-15-10(9)13/h6-7H,2-5,14H2,1H3,(H,16,17). The lowest BCUT2D eigenvalue weighted by molar-refractivity contribution is 0.0908. The van der Waals surface area contributed by atoms with E-state index in [0.29, 0.717) is 11.3 Å². The van der Waals surface area contributed by atoms with E-state index in [4.69, 9.17) is 17.3 Å². The quantitative estimate of drug-likeness (QED) is 0.795. The fourth-order valence-corrected chi connectivity index (χ4v) is 2.43. The van der Waals surface area contributed by atoms with Gasteiger partial charge in [-0.05, 0) is 25.8 Å². The molecule has 0 saturated heterocycles. The van der Waals surface area contributed by atoms with Crippen LogP contribution in [0.4, 0.5) is 5.69 Å². The molecule has 0 spiro atoms. The van der Waals surface area contributed by atoms with E-state index in [0.717, 1.165) is 25.7 Å². The lowest BCUT2D eigenvalue weighted by Crippen LogP contribution is -2.43. The molecule has 1 amide bonds. The zero-order valence-electron chi connectivity index (χ0n) is 9.79. The van der Waals surface area contributed by atoms with E-state index in [2.05, 4.69) is 17.2 Å². The summed E-state index contributed by atoms with van der Waals surface area (Å²) in [6, 6.07) is 1.56. The van der Waals surface area contributed by atoms with Gasteiger partial charge in [0.15, 0.2) is 0 Å². The van der Waals surface area contributed by atoms with Crippen LogP contribution in [0.25, 0.3) is 0 Å². The second-order valence-corrected chi connectivity index (χ2v) is 5.19. The Bertz CT molecular complexity index is 441. The van der Waals surface area contributed by atoms with Crippen molar-refractivity contribution in [3.05, 3.63) is 23.0 Å². The first-order chi connectivity index (χ1) is 8.00. The molecule has 0 atom stereocenters. The van der Waals surface area contributed by atoms with E-state index in [1.807, 2.05) is 0 Å². The number of nitrogens with two attached hydrogens (primary N) is 1. The van der Waals surface area contributed by atoms with Crippen molar-refractivity contribution in [3.63, 3.8) is 0 Å². The van der Waals surface area contributed by atoms with Gasteiger partial charge in [-0.25, -0.2) is 4.98 Å². The Labute approximate surface area is 106 Å². The smallest absolute Gasteiger partial charge is 0.254 e. The molecule has 1 aliphatic carbocycles. The number of nitrogen functional groups attached to an aromatic ring is 1. The molecule has 0 bridgehead atoms. The van der Waals surface area contributed by atoms with E-state index >= 15 is 0 Å². The van der Waals surface area contributed by atoms with Gasteiger partial charge in [0, 0.05) is 5.54 Å². The molecular formula is C12H16ClN3O. The van der Waals surface area contributed by atoms with Crippen molar-refractivity contribution >= 4 is 23.2 Å². The summed E-state index contributed by atoms with van der Waals surface area (Å²) in [5, 5.41) is 3.21. The third kappa shape index (κ3) is 2.69. The number of carbonyl (C=O) groups is 1. The SMILES string of the molecule is CC1(NC(=O)c2cc(N)cnc2Cl)CCCC1. The number of carbonyl (C=O) groups excluding carboxylic acids is 1. The van der Waals surface area contributed by atoms with Crippen molar-refractivity contribution in [2.45, 2.75) is 38.1 Å². The van der Waals surface area contributed by atoms with E-state index < -0.39 is 0 Å². The number of anilines is 1. The molecule has 5 heteroatoms. The molecule has 0 aliphatic heterocycles. The topological polar surface area (TPSA) is 68.0 Å². The van der Waals surface area contributed by atoms with Crippen molar-refractivity contribution in [2.24, 2.45) is 0 Å². The Balaban J connectivity index is 2.17. The van der Waals surface area contributed by atoms with Crippen molar-refractivity contribution < 1.29 is 4.79 Å². The van der Waals surface area contributed by atoms with Crippen molar-refractivity contribution in [1.82, 2.24) is 10.3 Å². The predicted molar refractivity (Wildman–Crippen MR) is 68.0 cm³/mol. The molecule has 17 heavy (non-hydrogen) atoms. The molecule has 1 aromatic rings. The van der Waals surface area contributed by atoms with Crippen LogP contribution >= 0.6 is 11.6 Å². The third-order valence-electron chi connectivity index (χ3n) is 3.23. The summed E-state index contributed by atoms with van der Waals surface area (Å²) in [5.41, 5.74) is 6.27. The van der Waals surface area contributed by atoms with Crippen LogP contribution in [-0.4, -0.2) is 16.4 Å². The minimum Gasteiger partial charge on any atom is -0.397 e. The molecule has 4 nitrogen and oxygen atoms in total. The predicted octanol–water partition coefficient (Wildman–Crippen LogP) is 2.38. The van der Waals surface area contributed by atoms with Crippen LogP contribution in [0, 0.1) is 0 Å². The second kappa shape index (κ2) is 4.53. The Hall–Kier alpha value is -1.29. The summed E-state index contributed by atoms with van der Waals surface area (Å²) in [6.45, 7) is 2.06. The molecule has 1 fully saturated rings. The van der Waals surface area contributed by atoms with Gasteiger partial charge in [-0.15, -0.1) is 0 Å². The molecule has 1 aliphatic rings. The van der Waals surface area contributed by atoms with Crippen LogP contribution in [-0.2, 0) is 0 Å². The van der Waals surface area contributed by atoms with Gasteiger partial charge in [0.05, 0.1) is 17.4 Å². The van der Waals surface area contributed by atoms with Gasteiger partial charge in [-0.2, -0.15) is 0 Å². The number of hydrogen-bond acceptors (Lipinski definition) is 3. The highest BCUT2D eigenvalue weighted by Gasteiger charge is 2.31. The molecule has 1 heterocycles. The second-order valence-electron chi connectivity index (χ2n) is 4.83. The maximum atomic E-state index is 12.1. The maximum absolute atomic E-state index is 12.1. The first-order valence-electron chi connectivity index (χ1n) is 5.74. The third-order valence-corrected chi connectivity index (χ3v) is 3.53. The maximum Gasteiger partial charge on any atom is 0.254 e. The van der Waals surface area contributed by atoms with E-state index in [1.165, 1.54) is 6.20 Å². The van der Waals surface area contributed by atoms with Crippen molar-refractivity contribution in [1.29, 1.82) is 0 Å². The van der Waals surface area contributed by atoms with Gasteiger partial charge in [0.25, 0.3) is 5.91 Å². The lowest BCUT2D eigenvalue weighted by atomic mass is 10.0. The van der Waals surface area contributed by atoms with Crippen LogP contribution in [0.2, 0.25) is 5.15 Å². The largest absolute Gasteiger partial charge is 0.397 e. The number of aromatic nitrogens is 1. The number of nitrogens with zero attached hydrogens (tertiary/aromatic N) is 1. The van der Waals surface area contributed by atoms with E-state index in [-0.39, 0.29) is 16.6 Å². The normalized spacial score (nSPS) is 18.0. The Morgan fingerprint density at radius 2 is 2.18 bits per heavy atom. The summed E-state index contributed by atoms with van der Waals surface area (Å²) < 4.78 is 0. The summed E-state index contributed by atoms with van der Waals surface area (Å²) in [4.78, 5) is 16.0. The Morgan fingerprint density at radius 1 is 1.53 bits per heavy atom. The van der Waals surface area contributed by atoms with Gasteiger partial charge in [0.2, 0.25) is 0 Å². The molecule has 3 N–H and O–H groups in total. The van der Waals surface area contributed by atoms with E-state index in [9.17, 15) is 4.79 Å². The van der Waals surface area contributed by atoms with Crippen LogP contribution < -0.4 is 11.1 Å². The molecule has 0 unspecified atom stereocenters. The van der Waals surface area contributed by atoms with Gasteiger partial charge in [0.1, 0.15) is 5.15 Å². The van der Waals surface area contributed by atoms with Crippen LogP contribution in [0.3, 0.4) is 0 Å². The monoisotopic (exact) mass is 253 g/mol. The van der Waals surface area contributed by atoms with E-state index in [1.54, 1.807) is 6.07 Å². The van der Waals surface area contributed by atoms with Gasteiger partial charge >= 0.3 is 0 Å². The van der Waals surface area contributed by atoms with Gasteiger partial charge in [-0.1, -0.05) is 24.4 Å². The molecule has 92 valence electrons. The van der Waals surface area contributed by atoms with Crippen LogP contribution in [0.5, 0.6) is 0 Å². The number of pyridine rings is 1. The molecule has 1 saturated carbocycles. The number of rotatable bonds is 2. The fourth-order valence-electron chi connectivity index (χ4n) is 2.25. The van der Waals surface area contributed by atoms with Gasteiger partial charge < -0.3 is 11.1 Å². The number of halogens is 1. The first-order valence-corrected chi connectivity index (χ1v) is 6.11. The van der Waals surface area contributed by atoms with Gasteiger partial charge in [-0.3, -0.25) is 4.79 Å². The van der Waals surface area contributed by atoms with Crippen LogP contribution in [0.1, 0.15) is 43.0 Å². The molecule has 2 rings (SSSR count). The lowest BCUT2D eigenvalue weighted by Gasteiger charge is -2.25. The summed E-state index contributed by atoms with van der Waals surface area (Å²) in [6.07, 6.45) is 5.76. The number of nitrogens with one attached hydrogen (secondary N) is 1. The average molecular weight is 254 g/mol. The highest BCUT2D eigenvalue weighted by atomic mass is 35.5.